The summed E-state index contributed by atoms with van der Waals surface area (Å²) in [5, 5.41) is 3.03. The summed E-state index contributed by atoms with van der Waals surface area (Å²) >= 11 is 0. The number of halogens is 1. The summed E-state index contributed by atoms with van der Waals surface area (Å²) in [6.45, 7) is 5.13. The second-order valence-corrected chi connectivity index (χ2v) is 6.97. The first-order valence-electron chi connectivity index (χ1n) is 9.56. The van der Waals surface area contributed by atoms with Crippen molar-refractivity contribution in [1.29, 1.82) is 0 Å². The zero-order valence-corrected chi connectivity index (χ0v) is 17.4. The second-order valence-electron chi connectivity index (χ2n) is 6.97. The number of aliphatic imine (C=N–C) groups is 1. The summed E-state index contributed by atoms with van der Waals surface area (Å²) in [6.07, 6.45) is 2.89. The number of rotatable bonds is 8. The number of anilines is 3. The van der Waals surface area contributed by atoms with Crippen LogP contribution < -0.4 is 16.8 Å². The minimum absolute atomic E-state index is 0.0612. The number of pyridine rings is 1. The maximum Gasteiger partial charge on any atom is 0.252 e. The number of aromatic nitrogens is 1. The van der Waals surface area contributed by atoms with Crippen LogP contribution in [-0.4, -0.2) is 42.3 Å². The highest BCUT2D eigenvalue weighted by atomic mass is 19.1. The fourth-order valence-corrected chi connectivity index (χ4v) is 2.94. The van der Waals surface area contributed by atoms with Crippen molar-refractivity contribution in [2.45, 2.75) is 33.1 Å². The minimum atomic E-state index is -0.788. The quantitative estimate of drug-likeness (QED) is 0.465. The van der Waals surface area contributed by atoms with Gasteiger partial charge in [0.25, 0.3) is 5.91 Å². The molecule has 0 unspecified atom stereocenters. The summed E-state index contributed by atoms with van der Waals surface area (Å²) in [4.78, 5) is 22.2. The molecule has 0 fully saturated rings. The van der Waals surface area contributed by atoms with Crippen molar-refractivity contribution in [3.8, 4) is 0 Å². The van der Waals surface area contributed by atoms with E-state index >= 15 is 0 Å². The minimum Gasteiger partial charge on any atom is -0.381 e. The van der Waals surface area contributed by atoms with E-state index in [2.05, 4.69) is 27.1 Å². The van der Waals surface area contributed by atoms with E-state index in [1.165, 1.54) is 0 Å². The van der Waals surface area contributed by atoms with Gasteiger partial charge in [0.2, 0.25) is 0 Å². The van der Waals surface area contributed by atoms with Gasteiger partial charge in [-0.05, 0) is 42.7 Å². The number of primary amides is 1. The monoisotopic (exact) mass is 400 g/mol. The molecule has 5 N–H and O–H groups in total. The Morgan fingerprint density at radius 3 is 2.69 bits per heavy atom. The average molecular weight is 401 g/mol. The lowest BCUT2D eigenvalue weighted by molar-refractivity contribution is 0.100. The molecule has 2 aromatic rings. The molecule has 29 heavy (non-hydrogen) atoms. The van der Waals surface area contributed by atoms with Gasteiger partial charge in [-0.2, -0.15) is 0 Å². The number of nitrogen functional groups attached to an aromatic ring is 1. The Morgan fingerprint density at radius 1 is 1.34 bits per heavy atom. The van der Waals surface area contributed by atoms with Crippen molar-refractivity contribution >= 4 is 29.1 Å². The molecule has 0 saturated heterocycles. The molecule has 0 radical (unpaired) electrons. The summed E-state index contributed by atoms with van der Waals surface area (Å²) in [6, 6.07) is 6.77. The highest BCUT2D eigenvalue weighted by Crippen LogP contribution is 2.24. The lowest BCUT2D eigenvalue weighted by atomic mass is 10.0. The Kier molecular flexibility index (Phi) is 7.52. The van der Waals surface area contributed by atoms with Crippen LogP contribution in [0.15, 0.2) is 29.3 Å². The number of unbranched alkanes of at least 4 members (excludes halogenated alkanes) is 1. The van der Waals surface area contributed by atoms with Crippen LogP contribution in [0.2, 0.25) is 0 Å². The van der Waals surface area contributed by atoms with Crippen molar-refractivity contribution in [2.75, 3.05) is 31.7 Å². The maximum absolute atomic E-state index is 13.7. The van der Waals surface area contributed by atoms with Gasteiger partial charge in [0.15, 0.2) is 11.6 Å². The Hall–Kier alpha value is -3.16. The number of hydrogen-bond donors (Lipinski definition) is 3. The van der Waals surface area contributed by atoms with Gasteiger partial charge < -0.3 is 21.7 Å². The molecule has 0 bridgehead atoms. The lowest BCUT2D eigenvalue weighted by Gasteiger charge is -2.22. The highest BCUT2D eigenvalue weighted by Gasteiger charge is 2.15. The molecule has 1 aromatic carbocycles. The van der Waals surface area contributed by atoms with E-state index < -0.39 is 11.7 Å². The molecule has 0 atom stereocenters. The largest absolute Gasteiger partial charge is 0.381 e. The van der Waals surface area contributed by atoms with Gasteiger partial charge in [-0.25, -0.2) is 9.37 Å². The van der Waals surface area contributed by atoms with E-state index in [4.69, 9.17) is 11.5 Å². The first-order chi connectivity index (χ1) is 13.8. The number of aryl methyl sites for hydroxylation is 1. The topological polar surface area (TPSA) is 110 Å². The molecule has 2 rings (SSSR count). The molecule has 1 amide bonds. The fraction of sp³-hybridized carbons (Fsp3) is 0.381. The number of nitrogens with two attached hydrogens (primary N) is 2. The Labute approximate surface area is 171 Å². The molecule has 7 nitrogen and oxygen atoms in total. The number of nitrogens with zero attached hydrogens (tertiary/aromatic N) is 3. The van der Waals surface area contributed by atoms with Crippen LogP contribution in [0.1, 0.15) is 41.3 Å². The van der Waals surface area contributed by atoms with Crippen molar-refractivity contribution in [2.24, 2.45) is 10.7 Å². The number of amides is 1. The zero-order valence-electron chi connectivity index (χ0n) is 17.4. The second kappa shape index (κ2) is 9.86. The molecule has 0 aliphatic heterocycles. The predicted octanol–water partition coefficient (Wildman–Crippen LogP) is 3.26. The number of hydrogen-bond acceptors (Lipinski definition) is 5. The van der Waals surface area contributed by atoms with Crippen molar-refractivity contribution in [3.63, 3.8) is 0 Å². The number of carbonyl (C=O) groups is 1. The number of nitrogens with one attached hydrogen (secondary N) is 1. The summed E-state index contributed by atoms with van der Waals surface area (Å²) in [7, 11) is 3.83. The molecule has 1 heterocycles. The Morgan fingerprint density at radius 2 is 2.07 bits per heavy atom. The Bertz CT molecular complexity index is 912. The van der Waals surface area contributed by atoms with E-state index in [1.54, 1.807) is 7.05 Å². The molecular weight excluding hydrogens is 371 g/mol. The summed E-state index contributed by atoms with van der Waals surface area (Å²) in [5.74, 6) is -0.767. The molecule has 1 aromatic heterocycles. The molecular formula is C21H29FN6O. The first-order valence-corrected chi connectivity index (χ1v) is 9.56. The average Bonchev–Trinajstić information content (AvgIpc) is 2.68. The highest BCUT2D eigenvalue weighted by molar-refractivity contribution is 5.98. The molecule has 0 spiro atoms. The van der Waals surface area contributed by atoms with E-state index in [0.717, 1.165) is 42.4 Å². The smallest absolute Gasteiger partial charge is 0.252 e. The van der Waals surface area contributed by atoms with Gasteiger partial charge in [-0.3, -0.25) is 9.79 Å². The van der Waals surface area contributed by atoms with Crippen LogP contribution in [-0.2, 0) is 6.42 Å². The van der Waals surface area contributed by atoms with Crippen molar-refractivity contribution in [1.82, 2.24) is 9.88 Å². The summed E-state index contributed by atoms with van der Waals surface area (Å²) in [5.41, 5.74) is 13.7. The predicted molar refractivity (Wildman–Crippen MR) is 116 cm³/mol. The van der Waals surface area contributed by atoms with Crippen LogP contribution in [0.25, 0.3) is 0 Å². The van der Waals surface area contributed by atoms with E-state index in [9.17, 15) is 9.18 Å². The fourth-order valence-electron chi connectivity index (χ4n) is 2.94. The van der Waals surface area contributed by atoms with Crippen LogP contribution in [0.4, 0.5) is 21.7 Å². The standard InChI is InChI=1S/C21H29FN6O/c1-5-6-9-28(4)18(25-3)11-14-10-15(8-7-13(14)2)26-21-16(20(24)29)12-17(22)19(23)27-21/h7-8,10,12H,5-6,9,11H2,1-4H3,(H2,24,29)(H3,23,26,27)/b25-18+. The maximum atomic E-state index is 13.7. The molecule has 0 saturated carbocycles. The summed E-state index contributed by atoms with van der Waals surface area (Å²) < 4.78 is 13.7. The van der Waals surface area contributed by atoms with Gasteiger partial charge in [0, 0.05) is 32.7 Å². The van der Waals surface area contributed by atoms with E-state index in [0.29, 0.717) is 12.1 Å². The van der Waals surface area contributed by atoms with Crippen LogP contribution in [0, 0.1) is 12.7 Å². The third-order valence-electron chi connectivity index (χ3n) is 4.77. The Balaban J connectivity index is 2.30. The number of carbonyl (C=O) groups excluding carboxylic acids is 1. The zero-order chi connectivity index (χ0) is 21.6. The van der Waals surface area contributed by atoms with Crippen LogP contribution in [0.3, 0.4) is 0 Å². The molecule has 8 heteroatoms. The van der Waals surface area contributed by atoms with Gasteiger partial charge in [-0.15, -0.1) is 0 Å². The normalized spacial score (nSPS) is 11.4. The van der Waals surface area contributed by atoms with E-state index in [1.807, 2.05) is 32.2 Å². The number of benzene rings is 1. The van der Waals surface area contributed by atoms with Crippen molar-refractivity contribution < 1.29 is 9.18 Å². The number of amidine groups is 1. The first kappa shape index (κ1) is 22.1. The lowest BCUT2D eigenvalue weighted by Crippen LogP contribution is -2.29. The van der Waals surface area contributed by atoms with Gasteiger partial charge in [-0.1, -0.05) is 19.4 Å². The number of likely N-dealkylation sites (N-methyl/N-ethyl adjacent to an activating group) is 1. The third-order valence-corrected chi connectivity index (χ3v) is 4.77. The molecule has 0 aliphatic rings. The SMILES string of the molecule is CCCCN(C)/C(Cc1cc(Nc2nc(N)c(F)cc2C(N)=O)ccc1C)=N/C. The van der Waals surface area contributed by atoms with E-state index in [-0.39, 0.29) is 17.2 Å². The van der Waals surface area contributed by atoms with Gasteiger partial charge in [0.05, 0.1) is 5.56 Å². The van der Waals surface area contributed by atoms with Crippen molar-refractivity contribution in [3.05, 3.63) is 46.8 Å². The third kappa shape index (κ3) is 5.66. The molecule has 0 aliphatic carbocycles. The van der Waals surface area contributed by atoms with Crippen LogP contribution in [0.5, 0.6) is 0 Å². The van der Waals surface area contributed by atoms with Crippen LogP contribution >= 0.6 is 0 Å². The van der Waals surface area contributed by atoms with Gasteiger partial charge in [0.1, 0.15) is 11.7 Å². The molecule has 156 valence electrons. The van der Waals surface area contributed by atoms with Gasteiger partial charge >= 0.3 is 0 Å².